The standard InChI is InChI=1S/C15H16ClN3O/c1-3-4-5-14(20)15-11(2)19(18-17-15)10-12-6-8-13(16)9-7-12/h3,6-9H,1,4-5,10H2,2H3. The molecule has 0 N–H and O–H groups in total. The minimum atomic E-state index is 0.00440. The molecule has 1 heterocycles. The molecule has 20 heavy (non-hydrogen) atoms. The molecule has 0 spiro atoms. The van der Waals surface area contributed by atoms with Gasteiger partial charge in [0.05, 0.1) is 12.2 Å². The van der Waals surface area contributed by atoms with Gasteiger partial charge in [0.2, 0.25) is 0 Å². The third-order valence-electron chi connectivity index (χ3n) is 3.07. The predicted octanol–water partition coefficient (Wildman–Crippen LogP) is 3.44. The van der Waals surface area contributed by atoms with Crippen LogP contribution in [0.3, 0.4) is 0 Å². The van der Waals surface area contributed by atoms with Gasteiger partial charge in [-0.25, -0.2) is 4.68 Å². The first kappa shape index (κ1) is 14.5. The van der Waals surface area contributed by atoms with E-state index in [1.807, 2.05) is 31.2 Å². The lowest BCUT2D eigenvalue weighted by Gasteiger charge is -2.04. The number of hydrogen-bond acceptors (Lipinski definition) is 3. The summed E-state index contributed by atoms with van der Waals surface area (Å²) in [7, 11) is 0. The van der Waals surface area contributed by atoms with Crippen LogP contribution in [0, 0.1) is 6.92 Å². The number of aromatic nitrogens is 3. The smallest absolute Gasteiger partial charge is 0.185 e. The van der Waals surface area contributed by atoms with Crippen molar-refractivity contribution >= 4 is 17.4 Å². The van der Waals surface area contributed by atoms with Crippen LogP contribution in [0.1, 0.15) is 34.6 Å². The van der Waals surface area contributed by atoms with Gasteiger partial charge in [0.1, 0.15) is 0 Å². The van der Waals surface area contributed by atoms with E-state index in [0.29, 0.717) is 30.1 Å². The highest BCUT2D eigenvalue weighted by Crippen LogP contribution is 2.13. The summed E-state index contributed by atoms with van der Waals surface area (Å²) in [6, 6.07) is 7.53. The second-order valence-electron chi connectivity index (χ2n) is 4.56. The van der Waals surface area contributed by atoms with Gasteiger partial charge in [-0.1, -0.05) is 35.0 Å². The highest BCUT2D eigenvalue weighted by atomic mass is 35.5. The lowest BCUT2D eigenvalue weighted by atomic mass is 10.1. The van der Waals surface area contributed by atoms with Gasteiger partial charge in [-0.05, 0) is 31.0 Å². The largest absolute Gasteiger partial charge is 0.292 e. The van der Waals surface area contributed by atoms with Crippen LogP contribution < -0.4 is 0 Å². The van der Waals surface area contributed by atoms with Gasteiger partial charge in [0.15, 0.2) is 11.5 Å². The summed E-state index contributed by atoms with van der Waals surface area (Å²) < 4.78 is 1.73. The number of carbonyl (C=O) groups is 1. The fourth-order valence-corrected chi connectivity index (χ4v) is 2.01. The minimum absolute atomic E-state index is 0.00440. The summed E-state index contributed by atoms with van der Waals surface area (Å²) >= 11 is 5.85. The van der Waals surface area contributed by atoms with Crippen molar-refractivity contribution in [3.05, 3.63) is 58.9 Å². The molecule has 4 nitrogen and oxygen atoms in total. The van der Waals surface area contributed by atoms with Gasteiger partial charge in [-0.3, -0.25) is 4.79 Å². The highest BCUT2D eigenvalue weighted by Gasteiger charge is 2.15. The molecule has 0 unspecified atom stereocenters. The van der Waals surface area contributed by atoms with Crippen LogP contribution in [0.4, 0.5) is 0 Å². The fraction of sp³-hybridized carbons (Fsp3) is 0.267. The van der Waals surface area contributed by atoms with E-state index in [9.17, 15) is 4.79 Å². The molecule has 0 aliphatic heterocycles. The van der Waals surface area contributed by atoms with Gasteiger partial charge in [0.25, 0.3) is 0 Å². The zero-order chi connectivity index (χ0) is 14.5. The van der Waals surface area contributed by atoms with Crippen molar-refractivity contribution in [2.45, 2.75) is 26.3 Å². The van der Waals surface area contributed by atoms with Crippen LogP contribution in [-0.4, -0.2) is 20.8 Å². The Labute approximate surface area is 123 Å². The summed E-state index contributed by atoms with van der Waals surface area (Å²) in [6.07, 6.45) is 2.80. The summed E-state index contributed by atoms with van der Waals surface area (Å²) in [5.74, 6) is 0.00440. The number of hydrogen-bond donors (Lipinski definition) is 0. The van der Waals surface area contributed by atoms with Crippen LogP contribution in [0.5, 0.6) is 0 Å². The Kier molecular flexibility index (Phi) is 4.69. The zero-order valence-corrected chi connectivity index (χ0v) is 12.1. The molecule has 0 saturated carbocycles. The SMILES string of the molecule is C=CCCC(=O)c1nnn(Cc2ccc(Cl)cc2)c1C. The maximum Gasteiger partial charge on any atom is 0.185 e. The van der Waals surface area contributed by atoms with Crippen LogP contribution in [0.25, 0.3) is 0 Å². The van der Waals surface area contributed by atoms with Gasteiger partial charge in [0, 0.05) is 11.4 Å². The van der Waals surface area contributed by atoms with E-state index < -0.39 is 0 Å². The minimum Gasteiger partial charge on any atom is -0.292 e. The Bertz CT molecular complexity index is 617. The average molecular weight is 290 g/mol. The maximum atomic E-state index is 12.0. The van der Waals surface area contributed by atoms with E-state index >= 15 is 0 Å². The van der Waals surface area contributed by atoms with E-state index in [1.54, 1.807) is 10.8 Å². The van der Waals surface area contributed by atoms with Gasteiger partial charge < -0.3 is 0 Å². The summed E-state index contributed by atoms with van der Waals surface area (Å²) in [5, 5.41) is 8.73. The fourth-order valence-electron chi connectivity index (χ4n) is 1.88. The molecule has 2 rings (SSSR count). The van der Waals surface area contributed by atoms with E-state index in [-0.39, 0.29) is 5.78 Å². The third kappa shape index (κ3) is 3.33. The molecule has 0 amide bonds. The first-order valence-corrected chi connectivity index (χ1v) is 6.78. The first-order valence-electron chi connectivity index (χ1n) is 6.40. The maximum absolute atomic E-state index is 12.0. The third-order valence-corrected chi connectivity index (χ3v) is 3.32. The van der Waals surface area contributed by atoms with Crippen LogP contribution >= 0.6 is 11.6 Å². The lowest BCUT2D eigenvalue weighted by Crippen LogP contribution is -2.06. The number of nitrogens with zero attached hydrogens (tertiary/aromatic N) is 3. The van der Waals surface area contributed by atoms with Gasteiger partial charge in [-0.2, -0.15) is 0 Å². The lowest BCUT2D eigenvalue weighted by molar-refractivity contribution is 0.0978. The van der Waals surface area contributed by atoms with Crippen molar-refractivity contribution in [3.8, 4) is 0 Å². The molecule has 0 bridgehead atoms. The Balaban J connectivity index is 2.14. The van der Waals surface area contributed by atoms with Crippen molar-refractivity contribution in [1.29, 1.82) is 0 Å². The molecule has 0 atom stereocenters. The monoisotopic (exact) mass is 289 g/mol. The summed E-state index contributed by atoms with van der Waals surface area (Å²) in [6.45, 7) is 6.04. The topological polar surface area (TPSA) is 47.8 Å². The molecule has 1 aromatic carbocycles. The Hall–Kier alpha value is -1.94. The first-order chi connectivity index (χ1) is 9.61. The molecular formula is C15H16ClN3O. The van der Waals surface area contributed by atoms with Gasteiger partial charge >= 0.3 is 0 Å². The van der Waals surface area contributed by atoms with E-state index in [2.05, 4.69) is 16.9 Å². The second-order valence-corrected chi connectivity index (χ2v) is 4.99. The number of rotatable bonds is 6. The number of Topliss-reactive ketones (excluding diaryl/α,β-unsaturated/α-hetero) is 1. The summed E-state index contributed by atoms with van der Waals surface area (Å²) in [4.78, 5) is 12.0. The van der Waals surface area contributed by atoms with Gasteiger partial charge in [-0.15, -0.1) is 11.7 Å². The molecule has 0 fully saturated rings. The molecule has 0 saturated heterocycles. The molecule has 104 valence electrons. The number of halogens is 1. The van der Waals surface area contributed by atoms with Crippen molar-refractivity contribution in [1.82, 2.24) is 15.0 Å². The molecular weight excluding hydrogens is 274 g/mol. The number of allylic oxidation sites excluding steroid dienone is 1. The Morgan fingerprint density at radius 3 is 2.75 bits per heavy atom. The highest BCUT2D eigenvalue weighted by molar-refractivity contribution is 6.30. The van der Waals surface area contributed by atoms with Crippen molar-refractivity contribution in [2.24, 2.45) is 0 Å². The second kappa shape index (κ2) is 6.48. The number of benzene rings is 1. The molecule has 1 aromatic heterocycles. The zero-order valence-electron chi connectivity index (χ0n) is 11.3. The van der Waals surface area contributed by atoms with Crippen LogP contribution in [-0.2, 0) is 6.54 Å². The Morgan fingerprint density at radius 2 is 2.10 bits per heavy atom. The average Bonchev–Trinajstić information content (AvgIpc) is 2.80. The number of carbonyl (C=O) groups excluding carboxylic acids is 1. The van der Waals surface area contributed by atoms with E-state index in [0.717, 1.165) is 11.3 Å². The van der Waals surface area contributed by atoms with Crippen molar-refractivity contribution < 1.29 is 4.79 Å². The quantitative estimate of drug-likeness (QED) is 0.604. The normalized spacial score (nSPS) is 10.5. The van der Waals surface area contributed by atoms with Crippen LogP contribution in [0.15, 0.2) is 36.9 Å². The molecule has 0 aliphatic carbocycles. The van der Waals surface area contributed by atoms with Crippen molar-refractivity contribution in [3.63, 3.8) is 0 Å². The van der Waals surface area contributed by atoms with E-state index in [1.165, 1.54) is 0 Å². The van der Waals surface area contributed by atoms with E-state index in [4.69, 9.17) is 11.6 Å². The molecule has 5 heteroatoms. The Morgan fingerprint density at radius 1 is 1.40 bits per heavy atom. The molecule has 0 radical (unpaired) electrons. The molecule has 0 aliphatic rings. The molecule has 2 aromatic rings. The van der Waals surface area contributed by atoms with Crippen LogP contribution in [0.2, 0.25) is 5.02 Å². The predicted molar refractivity (Wildman–Crippen MR) is 79.1 cm³/mol. The summed E-state index contributed by atoms with van der Waals surface area (Å²) in [5.41, 5.74) is 2.29. The van der Waals surface area contributed by atoms with Crippen molar-refractivity contribution in [2.75, 3.05) is 0 Å². The number of ketones is 1.